The van der Waals surface area contributed by atoms with Gasteiger partial charge in [0, 0.05) is 32.0 Å². The van der Waals surface area contributed by atoms with Gasteiger partial charge in [-0.25, -0.2) is 0 Å². The predicted molar refractivity (Wildman–Crippen MR) is 88.9 cm³/mol. The maximum absolute atomic E-state index is 11.6. The summed E-state index contributed by atoms with van der Waals surface area (Å²) in [6.45, 7) is 3.48. The third-order valence-corrected chi connectivity index (χ3v) is 4.63. The van der Waals surface area contributed by atoms with Gasteiger partial charge in [0.15, 0.2) is 5.96 Å². The van der Waals surface area contributed by atoms with E-state index >= 15 is 0 Å². The van der Waals surface area contributed by atoms with Crippen molar-refractivity contribution in [1.82, 2.24) is 16.0 Å². The van der Waals surface area contributed by atoms with Crippen molar-refractivity contribution in [1.29, 1.82) is 0 Å². The lowest BCUT2D eigenvalue weighted by Crippen LogP contribution is -2.46. The fourth-order valence-electron chi connectivity index (χ4n) is 2.37. The Bertz CT molecular complexity index is 339. The summed E-state index contributed by atoms with van der Waals surface area (Å²) in [6, 6.07) is 0.455. The minimum Gasteiger partial charge on any atom is -0.383 e. The zero-order valence-electron chi connectivity index (χ0n) is 13.3. The molecule has 1 rings (SSSR count). The zero-order valence-corrected chi connectivity index (χ0v) is 14.1. The summed E-state index contributed by atoms with van der Waals surface area (Å²) in [6.07, 6.45) is 3.59. The summed E-state index contributed by atoms with van der Waals surface area (Å²) in [5.41, 5.74) is 0. The Labute approximate surface area is 131 Å². The van der Waals surface area contributed by atoms with Gasteiger partial charge < -0.3 is 20.7 Å². The van der Waals surface area contributed by atoms with E-state index in [4.69, 9.17) is 4.74 Å². The van der Waals surface area contributed by atoms with Gasteiger partial charge >= 0.3 is 0 Å². The number of ether oxygens (including phenoxy) is 1. The molecule has 0 saturated heterocycles. The van der Waals surface area contributed by atoms with Crippen molar-refractivity contribution in [2.24, 2.45) is 4.99 Å². The smallest absolute Gasteiger partial charge is 0.239 e. The van der Waals surface area contributed by atoms with Gasteiger partial charge in [-0.05, 0) is 25.0 Å². The average Bonchev–Trinajstić information content (AvgIpc) is 2.91. The van der Waals surface area contributed by atoms with Crippen LogP contribution in [-0.2, 0) is 9.53 Å². The standard InChI is InChI=1S/C14H28N4O2S/c1-4-21-12-6-5-11(9-12)18-14(15-2)17-10-13(19)16-7-8-20-3/h11-12H,4-10H2,1-3H3,(H,16,19)(H2,15,17,18). The van der Waals surface area contributed by atoms with E-state index in [0.29, 0.717) is 25.2 Å². The van der Waals surface area contributed by atoms with Crippen LogP contribution in [-0.4, -0.2) is 62.8 Å². The Kier molecular flexibility index (Phi) is 9.25. The van der Waals surface area contributed by atoms with E-state index in [0.717, 1.165) is 5.25 Å². The van der Waals surface area contributed by atoms with E-state index in [1.165, 1.54) is 25.0 Å². The van der Waals surface area contributed by atoms with Gasteiger partial charge in [0.2, 0.25) is 5.91 Å². The number of carbonyl (C=O) groups excluding carboxylic acids is 1. The van der Waals surface area contributed by atoms with Crippen molar-refractivity contribution >= 4 is 23.6 Å². The van der Waals surface area contributed by atoms with Crippen LogP contribution in [0.15, 0.2) is 4.99 Å². The van der Waals surface area contributed by atoms with E-state index in [-0.39, 0.29) is 12.5 Å². The van der Waals surface area contributed by atoms with Crippen LogP contribution in [0.2, 0.25) is 0 Å². The van der Waals surface area contributed by atoms with Crippen LogP contribution >= 0.6 is 11.8 Å². The number of guanidine groups is 1. The summed E-state index contributed by atoms with van der Waals surface area (Å²) in [7, 11) is 3.34. The zero-order chi connectivity index (χ0) is 15.5. The molecule has 0 radical (unpaired) electrons. The molecule has 1 aliphatic rings. The molecule has 0 heterocycles. The van der Waals surface area contributed by atoms with Crippen molar-refractivity contribution in [3.05, 3.63) is 0 Å². The number of methoxy groups -OCH3 is 1. The van der Waals surface area contributed by atoms with Crippen molar-refractivity contribution < 1.29 is 9.53 Å². The third kappa shape index (κ3) is 7.57. The summed E-state index contributed by atoms with van der Waals surface area (Å²) < 4.78 is 4.88. The number of nitrogens with one attached hydrogen (secondary N) is 3. The Morgan fingerprint density at radius 2 is 2.19 bits per heavy atom. The molecule has 2 unspecified atom stereocenters. The second-order valence-electron chi connectivity index (χ2n) is 5.00. The maximum atomic E-state index is 11.6. The summed E-state index contributed by atoms with van der Waals surface area (Å²) >= 11 is 2.03. The SMILES string of the molecule is CCSC1CCC(NC(=NC)NCC(=O)NCCOC)C1. The highest BCUT2D eigenvalue weighted by molar-refractivity contribution is 7.99. The van der Waals surface area contributed by atoms with Gasteiger partial charge in [-0.3, -0.25) is 9.79 Å². The van der Waals surface area contributed by atoms with Crippen LogP contribution < -0.4 is 16.0 Å². The molecule has 6 nitrogen and oxygen atoms in total. The lowest BCUT2D eigenvalue weighted by molar-refractivity contribution is -0.120. The van der Waals surface area contributed by atoms with E-state index in [2.05, 4.69) is 27.9 Å². The van der Waals surface area contributed by atoms with E-state index in [1.54, 1.807) is 14.2 Å². The molecule has 21 heavy (non-hydrogen) atoms. The first-order valence-corrected chi connectivity index (χ1v) is 8.58. The Morgan fingerprint density at radius 1 is 1.38 bits per heavy atom. The number of hydrogen-bond donors (Lipinski definition) is 3. The molecule has 0 aromatic heterocycles. The van der Waals surface area contributed by atoms with Crippen LogP contribution in [0.4, 0.5) is 0 Å². The molecule has 0 aromatic carbocycles. The van der Waals surface area contributed by atoms with Crippen LogP contribution in [0, 0.1) is 0 Å². The lowest BCUT2D eigenvalue weighted by Gasteiger charge is -2.17. The van der Waals surface area contributed by atoms with E-state index < -0.39 is 0 Å². The number of rotatable bonds is 8. The highest BCUT2D eigenvalue weighted by atomic mass is 32.2. The molecule has 7 heteroatoms. The topological polar surface area (TPSA) is 74.8 Å². The van der Waals surface area contributed by atoms with Crippen LogP contribution in [0.1, 0.15) is 26.2 Å². The lowest BCUT2D eigenvalue weighted by atomic mass is 10.2. The molecule has 3 N–H and O–H groups in total. The molecule has 0 aromatic rings. The number of nitrogens with zero attached hydrogens (tertiary/aromatic N) is 1. The van der Waals surface area contributed by atoms with Gasteiger partial charge in [-0.1, -0.05) is 6.92 Å². The fourth-order valence-corrected chi connectivity index (χ4v) is 3.51. The van der Waals surface area contributed by atoms with Crippen LogP contribution in [0.25, 0.3) is 0 Å². The Balaban J connectivity index is 2.22. The second-order valence-corrected chi connectivity index (χ2v) is 6.58. The number of amides is 1. The van der Waals surface area contributed by atoms with Crippen molar-refractivity contribution in [2.45, 2.75) is 37.5 Å². The quantitative estimate of drug-likeness (QED) is 0.347. The Hall–Kier alpha value is -0.950. The van der Waals surface area contributed by atoms with Gasteiger partial charge in [0.05, 0.1) is 13.2 Å². The van der Waals surface area contributed by atoms with Crippen molar-refractivity contribution in [3.63, 3.8) is 0 Å². The molecule has 1 amide bonds. The van der Waals surface area contributed by atoms with Crippen molar-refractivity contribution in [3.8, 4) is 0 Å². The molecule has 2 atom stereocenters. The molecule has 1 saturated carbocycles. The molecule has 1 fully saturated rings. The molecule has 0 spiro atoms. The Morgan fingerprint density at radius 3 is 2.86 bits per heavy atom. The first-order chi connectivity index (χ1) is 10.2. The molecule has 0 bridgehead atoms. The fraction of sp³-hybridized carbons (Fsp3) is 0.857. The minimum absolute atomic E-state index is 0.0548. The summed E-state index contributed by atoms with van der Waals surface area (Å²) in [5, 5.41) is 9.97. The number of carbonyl (C=O) groups is 1. The summed E-state index contributed by atoms with van der Waals surface area (Å²) in [5.74, 6) is 1.82. The molecular weight excluding hydrogens is 288 g/mol. The average molecular weight is 316 g/mol. The third-order valence-electron chi connectivity index (χ3n) is 3.40. The van der Waals surface area contributed by atoms with Gasteiger partial charge in [0.1, 0.15) is 0 Å². The van der Waals surface area contributed by atoms with Crippen LogP contribution in [0.3, 0.4) is 0 Å². The highest BCUT2D eigenvalue weighted by Gasteiger charge is 2.25. The van der Waals surface area contributed by atoms with Crippen LogP contribution in [0.5, 0.6) is 0 Å². The van der Waals surface area contributed by atoms with Gasteiger partial charge in [-0.15, -0.1) is 0 Å². The van der Waals surface area contributed by atoms with E-state index in [1.807, 2.05) is 11.8 Å². The first kappa shape index (κ1) is 18.1. The number of thioether (sulfide) groups is 1. The molecule has 0 aliphatic heterocycles. The van der Waals surface area contributed by atoms with E-state index in [9.17, 15) is 4.79 Å². The minimum atomic E-state index is -0.0548. The largest absolute Gasteiger partial charge is 0.383 e. The normalized spacial score (nSPS) is 22.1. The first-order valence-electron chi connectivity index (χ1n) is 7.54. The highest BCUT2D eigenvalue weighted by Crippen LogP contribution is 2.29. The molecule has 122 valence electrons. The number of aliphatic imine (C=N–C) groups is 1. The number of hydrogen-bond acceptors (Lipinski definition) is 4. The monoisotopic (exact) mass is 316 g/mol. The predicted octanol–water partition coefficient (Wildman–Crippen LogP) is 0.588. The van der Waals surface area contributed by atoms with Crippen molar-refractivity contribution in [2.75, 3.05) is 39.6 Å². The molecule has 1 aliphatic carbocycles. The molecular formula is C14H28N4O2S. The van der Waals surface area contributed by atoms with Gasteiger partial charge in [-0.2, -0.15) is 11.8 Å². The summed E-state index contributed by atoms with van der Waals surface area (Å²) in [4.78, 5) is 15.8. The maximum Gasteiger partial charge on any atom is 0.239 e. The second kappa shape index (κ2) is 10.7. The van der Waals surface area contributed by atoms with Gasteiger partial charge in [0.25, 0.3) is 0 Å².